The van der Waals surface area contributed by atoms with Crippen LogP contribution in [0.3, 0.4) is 0 Å². The number of hydrogen-bond acceptors (Lipinski definition) is 4. The van der Waals surface area contributed by atoms with E-state index >= 15 is 0 Å². The van der Waals surface area contributed by atoms with Gasteiger partial charge in [-0.15, -0.1) is 0 Å². The average molecular weight is 289 g/mol. The first-order chi connectivity index (χ1) is 9.38. The van der Waals surface area contributed by atoms with Gasteiger partial charge < -0.3 is 25.7 Å². The molecule has 0 heterocycles. The largest absolute Gasteiger partial charge is 0.481 e. The second kappa shape index (κ2) is 10.0. The molecule has 0 aliphatic heterocycles. The predicted molar refractivity (Wildman–Crippen MR) is 72.6 cm³/mol. The van der Waals surface area contributed by atoms with E-state index in [-0.39, 0.29) is 19.3 Å². The molecule has 8 nitrogen and oxygen atoms in total. The van der Waals surface area contributed by atoms with Gasteiger partial charge in [0, 0.05) is 20.0 Å². The van der Waals surface area contributed by atoms with Crippen LogP contribution in [0.2, 0.25) is 0 Å². The standard InChI is InChI=1S/C12H23N3O5/c1-13-7-4-8-15(2)12(20)14-9(11(18)19)5-3-6-10(16)17/h9,13H,3-8H2,1-2H3,(H,14,20)(H,16,17)(H,18,19)/t9-/m1/s1. The van der Waals surface area contributed by atoms with Crippen LogP contribution >= 0.6 is 0 Å². The Labute approximate surface area is 118 Å². The molecule has 20 heavy (non-hydrogen) atoms. The van der Waals surface area contributed by atoms with Crippen LogP contribution in [-0.4, -0.2) is 66.3 Å². The lowest BCUT2D eigenvalue weighted by Crippen LogP contribution is -2.47. The second-order valence-corrected chi connectivity index (χ2v) is 4.50. The number of carbonyl (C=O) groups is 3. The molecule has 0 aromatic carbocycles. The Morgan fingerprint density at radius 3 is 2.35 bits per heavy atom. The van der Waals surface area contributed by atoms with E-state index in [1.807, 2.05) is 7.05 Å². The number of rotatable bonds is 10. The van der Waals surface area contributed by atoms with Crippen molar-refractivity contribution in [2.45, 2.75) is 31.7 Å². The Balaban J connectivity index is 4.18. The summed E-state index contributed by atoms with van der Waals surface area (Å²) in [4.78, 5) is 34.6. The number of carboxylic acid groups (broad SMARTS) is 2. The summed E-state index contributed by atoms with van der Waals surface area (Å²) < 4.78 is 0. The third-order valence-electron chi connectivity index (χ3n) is 2.75. The minimum absolute atomic E-state index is 0.0950. The minimum atomic E-state index is -1.16. The van der Waals surface area contributed by atoms with Crippen molar-refractivity contribution in [3.8, 4) is 0 Å². The molecule has 0 bridgehead atoms. The summed E-state index contributed by atoms with van der Waals surface area (Å²) >= 11 is 0. The number of aliphatic carboxylic acids is 2. The Kier molecular flexibility index (Phi) is 9.10. The smallest absolute Gasteiger partial charge is 0.326 e. The molecule has 0 fully saturated rings. The maximum absolute atomic E-state index is 11.8. The fraction of sp³-hybridized carbons (Fsp3) is 0.750. The molecule has 2 amide bonds. The molecule has 0 aliphatic rings. The van der Waals surface area contributed by atoms with Crippen molar-refractivity contribution in [2.75, 3.05) is 27.2 Å². The highest BCUT2D eigenvalue weighted by molar-refractivity contribution is 5.82. The van der Waals surface area contributed by atoms with E-state index in [2.05, 4.69) is 10.6 Å². The van der Waals surface area contributed by atoms with Gasteiger partial charge in [-0.2, -0.15) is 0 Å². The maximum atomic E-state index is 11.8. The van der Waals surface area contributed by atoms with Crippen molar-refractivity contribution < 1.29 is 24.6 Å². The number of nitrogens with one attached hydrogen (secondary N) is 2. The van der Waals surface area contributed by atoms with Crippen molar-refractivity contribution >= 4 is 18.0 Å². The molecule has 0 saturated heterocycles. The van der Waals surface area contributed by atoms with Crippen LogP contribution in [0.1, 0.15) is 25.7 Å². The molecule has 0 rings (SSSR count). The minimum Gasteiger partial charge on any atom is -0.481 e. The number of hydrogen-bond donors (Lipinski definition) is 4. The molecule has 0 unspecified atom stereocenters. The molecule has 0 spiro atoms. The third kappa shape index (κ3) is 8.30. The van der Waals surface area contributed by atoms with Gasteiger partial charge in [-0.3, -0.25) is 4.79 Å². The SMILES string of the molecule is CNCCCN(C)C(=O)N[C@H](CCCC(=O)O)C(=O)O. The van der Waals surface area contributed by atoms with E-state index in [0.29, 0.717) is 6.54 Å². The zero-order chi connectivity index (χ0) is 15.5. The first kappa shape index (κ1) is 18.2. The first-order valence-electron chi connectivity index (χ1n) is 6.49. The van der Waals surface area contributed by atoms with Crippen molar-refractivity contribution in [2.24, 2.45) is 0 Å². The normalized spacial score (nSPS) is 11.7. The number of carbonyl (C=O) groups excluding carboxylic acids is 1. The van der Waals surface area contributed by atoms with E-state index in [1.54, 1.807) is 7.05 Å². The first-order valence-corrected chi connectivity index (χ1v) is 6.49. The number of carboxylic acids is 2. The molecule has 0 saturated carbocycles. The van der Waals surface area contributed by atoms with Gasteiger partial charge >= 0.3 is 18.0 Å². The summed E-state index contributed by atoms with van der Waals surface area (Å²) in [6.07, 6.45) is 0.947. The number of urea groups is 1. The van der Waals surface area contributed by atoms with Crippen LogP contribution in [0.25, 0.3) is 0 Å². The fourth-order valence-electron chi connectivity index (χ4n) is 1.57. The van der Waals surface area contributed by atoms with Crippen LogP contribution in [0.5, 0.6) is 0 Å². The van der Waals surface area contributed by atoms with E-state index in [1.165, 1.54) is 4.90 Å². The molecule has 1 atom stereocenters. The summed E-state index contributed by atoms with van der Waals surface area (Å²) in [5.74, 6) is -2.14. The molecule has 4 N–H and O–H groups in total. The lowest BCUT2D eigenvalue weighted by atomic mass is 10.1. The zero-order valence-corrected chi connectivity index (χ0v) is 11.9. The van der Waals surface area contributed by atoms with Crippen molar-refractivity contribution in [1.29, 1.82) is 0 Å². The lowest BCUT2D eigenvalue weighted by molar-refractivity contribution is -0.140. The molecule has 0 aromatic heterocycles. The van der Waals surface area contributed by atoms with E-state index in [4.69, 9.17) is 10.2 Å². The third-order valence-corrected chi connectivity index (χ3v) is 2.75. The van der Waals surface area contributed by atoms with E-state index in [9.17, 15) is 14.4 Å². The molecule has 0 aliphatic carbocycles. The molecule has 0 radical (unpaired) electrons. The van der Waals surface area contributed by atoms with Gasteiger partial charge in [0.25, 0.3) is 0 Å². The summed E-state index contributed by atoms with van der Waals surface area (Å²) in [7, 11) is 3.39. The van der Waals surface area contributed by atoms with Crippen molar-refractivity contribution in [1.82, 2.24) is 15.5 Å². The molecule has 8 heteroatoms. The van der Waals surface area contributed by atoms with Crippen LogP contribution in [0, 0.1) is 0 Å². The van der Waals surface area contributed by atoms with Gasteiger partial charge in [0.15, 0.2) is 0 Å². The topological polar surface area (TPSA) is 119 Å². The maximum Gasteiger partial charge on any atom is 0.326 e. The highest BCUT2D eigenvalue weighted by atomic mass is 16.4. The van der Waals surface area contributed by atoms with Gasteiger partial charge in [-0.25, -0.2) is 9.59 Å². The molecular weight excluding hydrogens is 266 g/mol. The van der Waals surface area contributed by atoms with Crippen molar-refractivity contribution in [3.63, 3.8) is 0 Å². The van der Waals surface area contributed by atoms with Crippen LogP contribution in [0.15, 0.2) is 0 Å². The summed E-state index contributed by atoms with van der Waals surface area (Å²) in [6.45, 7) is 1.27. The highest BCUT2D eigenvalue weighted by Gasteiger charge is 2.21. The Morgan fingerprint density at radius 2 is 1.85 bits per heavy atom. The monoisotopic (exact) mass is 289 g/mol. The quantitative estimate of drug-likeness (QED) is 0.418. The Bertz CT molecular complexity index is 335. The molecule has 0 aromatic rings. The summed E-state index contributed by atoms with van der Waals surface area (Å²) in [5, 5.41) is 22.8. The summed E-state index contributed by atoms with van der Waals surface area (Å²) in [6, 6.07) is -1.53. The van der Waals surface area contributed by atoms with Gasteiger partial charge in [0.2, 0.25) is 0 Å². The highest BCUT2D eigenvalue weighted by Crippen LogP contribution is 2.02. The lowest BCUT2D eigenvalue weighted by Gasteiger charge is -2.21. The Hall–Kier alpha value is -1.83. The Morgan fingerprint density at radius 1 is 1.20 bits per heavy atom. The average Bonchev–Trinajstić information content (AvgIpc) is 2.36. The van der Waals surface area contributed by atoms with Gasteiger partial charge in [0.05, 0.1) is 0 Å². The van der Waals surface area contributed by atoms with Gasteiger partial charge in [-0.1, -0.05) is 0 Å². The van der Waals surface area contributed by atoms with E-state index in [0.717, 1.165) is 13.0 Å². The number of nitrogens with zero attached hydrogens (tertiary/aromatic N) is 1. The second-order valence-electron chi connectivity index (χ2n) is 4.50. The molecule has 116 valence electrons. The molecular formula is C12H23N3O5. The van der Waals surface area contributed by atoms with Gasteiger partial charge in [-0.05, 0) is 32.9 Å². The zero-order valence-electron chi connectivity index (χ0n) is 11.9. The van der Waals surface area contributed by atoms with Gasteiger partial charge in [0.1, 0.15) is 6.04 Å². The fourth-order valence-corrected chi connectivity index (χ4v) is 1.57. The van der Waals surface area contributed by atoms with Crippen LogP contribution in [0.4, 0.5) is 4.79 Å². The van der Waals surface area contributed by atoms with Crippen LogP contribution < -0.4 is 10.6 Å². The van der Waals surface area contributed by atoms with Crippen molar-refractivity contribution in [3.05, 3.63) is 0 Å². The predicted octanol–water partition coefficient (Wildman–Crippen LogP) is -0.0546. The van der Waals surface area contributed by atoms with Crippen LogP contribution in [-0.2, 0) is 9.59 Å². The summed E-state index contributed by atoms with van der Waals surface area (Å²) in [5.41, 5.74) is 0. The number of amides is 2. The van der Waals surface area contributed by atoms with E-state index < -0.39 is 24.0 Å².